The Bertz CT molecular complexity index is 828. The molecule has 0 spiro atoms. The van der Waals surface area contributed by atoms with Crippen LogP contribution in [0, 0.1) is 0 Å². The van der Waals surface area contributed by atoms with Crippen molar-refractivity contribution in [2.45, 2.75) is 24.2 Å². The quantitative estimate of drug-likeness (QED) is 0.733. The van der Waals surface area contributed by atoms with Crippen molar-refractivity contribution in [3.8, 4) is 5.75 Å². The topological polar surface area (TPSA) is 75.7 Å². The number of nitrogens with one attached hydrogen (secondary N) is 1. The maximum Gasteiger partial charge on any atom is 0.262 e. The number of benzene rings is 1. The molecule has 0 radical (unpaired) electrons. The summed E-state index contributed by atoms with van der Waals surface area (Å²) < 4.78 is 32.6. The van der Waals surface area contributed by atoms with Crippen LogP contribution in [-0.4, -0.2) is 44.9 Å². The van der Waals surface area contributed by atoms with Crippen molar-refractivity contribution in [2.75, 3.05) is 26.2 Å². The van der Waals surface area contributed by atoms with Gasteiger partial charge in [0.25, 0.3) is 5.91 Å². The Morgan fingerprint density at radius 2 is 1.85 bits per heavy atom. The van der Waals surface area contributed by atoms with Gasteiger partial charge < -0.3 is 10.1 Å². The lowest BCUT2D eigenvalue weighted by Crippen LogP contribution is -2.36. The van der Waals surface area contributed by atoms with Crippen molar-refractivity contribution >= 4 is 27.3 Å². The van der Waals surface area contributed by atoms with Crippen LogP contribution in [0.5, 0.6) is 5.75 Å². The molecule has 0 atom stereocenters. The van der Waals surface area contributed by atoms with E-state index in [1.807, 2.05) is 30.3 Å². The summed E-state index contributed by atoms with van der Waals surface area (Å²) in [5.41, 5.74) is 0. The van der Waals surface area contributed by atoms with Gasteiger partial charge in [0.15, 0.2) is 0 Å². The minimum absolute atomic E-state index is 0.103. The highest BCUT2D eigenvalue weighted by atomic mass is 32.2. The molecule has 1 aliphatic heterocycles. The molecule has 1 aromatic carbocycles. The third kappa shape index (κ3) is 4.44. The van der Waals surface area contributed by atoms with Crippen LogP contribution >= 0.6 is 11.3 Å². The van der Waals surface area contributed by atoms with Crippen molar-refractivity contribution < 1.29 is 17.9 Å². The van der Waals surface area contributed by atoms with Crippen LogP contribution in [0.25, 0.3) is 0 Å². The summed E-state index contributed by atoms with van der Waals surface area (Å²) in [6, 6.07) is 10.8. The van der Waals surface area contributed by atoms with Crippen molar-refractivity contribution in [1.29, 1.82) is 0 Å². The van der Waals surface area contributed by atoms with Gasteiger partial charge in [-0.3, -0.25) is 4.79 Å². The van der Waals surface area contributed by atoms with Gasteiger partial charge in [0, 0.05) is 13.1 Å². The Morgan fingerprint density at radius 3 is 2.58 bits per heavy atom. The number of carbonyl (C=O) groups is 1. The first-order valence-corrected chi connectivity index (χ1v) is 10.9. The minimum atomic E-state index is -3.62. The average Bonchev–Trinajstić information content (AvgIpc) is 3.17. The number of thiophene rings is 1. The molecule has 1 saturated heterocycles. The molecule has 140 valence electrons. The van der Waals surface area contributed by atoms with Crippen LogP contribution in [-0.2, 0) is 10.0 Å². The molecule has 0 unspecified atom stereocenters. The molecule has 0 aliphatic carbocycles. The fourth-order valence-corrected chi connectivity index (χ4v) is 5.68. The van der Waals surface area contributed by atoms with Crippen LogP contribution in [0.2, 0.25) is 0 Å². The maximum atomic E-state index is 12.8. The summed E-state index contributed by atoms with van der Waals surface area (Å²) in [6.07, 6.45) is 2.77. The highest BCUT2D eigenvalue weighted by Gasteiger charge is 2.30. The molecule has 1 amide bonds. The van der Waals surface area contributed by atoms with Crippen LogP contribution in [0.3, 0.4) is 0 Å². The van der Waals surface area contributed by atoms with E-state index in [1.165, 1.54) is 10.4 Å². The standard InChI is InChI=1S/C18H22N2O4S2/c21-18(19-10-13-24-15-7-3-1-4-8-15)17-16(9-14-25-17)26(22,23)20-11-5-2-6-12-20/h1,3-4,7-9,14H,2,5-6,10-13H2,(H,19,21). The van der Waals surface area contributed by atoms with E-state index in [1.54, 1.807) is 5.38 Å². The number of sulfonamides is 1. The van der Waals surface area contributed by atoms with Gasteiger partial charge >= 0.3 is 0 Å². The number of hydrogen-bond donors (Lipinski definition) is 1. The number of ether oxygens (including phenoxy) is 1. The van der Waals surface area contributed by atoms with Crippen LogP contribution in [0.4, 0.5) is 0 Å². The first-order valence-electron chi connectivity index (χ1n) is 8.63. The zero-order chi connectivity index (χ0) is 18.4. The van der Waals surface area contributed by atoms with Gasteiger partial charge in [0.2, 0.25) is 10.0 Å². The van der Waals surface area contributed by atoms with Crippen LogP contribution < -0.4 is 10.1 Å². The van der Waals surface area contributed by atoms with Gasteiger partial charge in [-0.05, 0) is 36.4 Å². The molecule has 3 rings (SSSR count). The second kappa shape index (κ2) is 8.66. The lowest BCUT2D eigenvalue weighted by molar-refractivity contribution is 0.0948. The summed E-state index contributed by atoms with van der Waals surface area (Å²) in [5.74, 6) is 0.346. The lowest BCUT2D eigenvalue weighted by atomic mass is 10.2. The zero-order valence-electron chi connectivity index (χ0n) is 14.4. The molecule has 26 heavy (non-hydrogen) atoms. The number of nitrogens with zero attached hydrogens (tertiary/aromatic N) is 1. The van der Waals surface area contributed by atoms with Gasteiger partial charge in [0.1, 0.15) is 22.1 Å². The molecule has 1 aromatic heterocycles. The predicted molar refractivity (Wildman–Crippen MR) is 101 cm³/mol. The molecule has 0 saturated carbocycles. The third-order valence-electron chi connectivity index (χ3n) is 4.17. The van der Waals surface area contributed by atoms with E-state index in [2.05, 4.69) is 5.32 Å². The summed E-state index contributed by atoms with van der Waals surface area (Å²) in [7, 11) is -3.62. The Hall–Kier alpha value is -1.90. The fourth-order valence-electron chi connectivity index (χ4n) is 2.84. The molecule has 6 nitrogen and oxygen atoms in total. The molecule has 2 heterocycles. The van der Waals surface area contributed by atoms with Crippen molar-refractivity contribution in [3.05, 3.63) is 46.7 Å². The third-order valence-corrected chi connectivity index (χ3v) is 7.15. The number of para-hydroxylation sites is 1. The van der Waals surface area contributed by atoms with E-state index in [4.69, 9.17) is 4.74 Å². The first-order chi connectivity index (χ1) is 12.6. The van der Waals surface area contributed by atoms with E-state index < -0.39 is 10.0 Å². The number of piperidine rings is 1. The number of amides is 1. The van der Waals surface area contributed by atoms with Crippen LogP contribution in [0.15, 0.2) is 46.7 Å². The smallest absolute Gasteiger partial charge is 0.262 e. The molecule has 2 aromatic rings. The van der Waals surface area contributed by atoms with Crippen LogP contribution in [0.1, 0.15) is 28.9 Å². The van der Waals surface area contributed by atoms with Gasteiger partial charge in [0.05, 0.1) is 6.54 Å². The second-order valence-corrected chi connectivity index (χ2v) is 8.82. The van der Waals surface area contributed by atoms with Gasteiger partial charge in [-0.25, -0.2) is 8.42 Å². The molecule has 1 aliphatic rings. The van der Waals surface area contributed by atoms with Gasteiger partial charge in [-0.2, -0.15) is 4.31 Å². The monoisotopic (exact) mass is 394 g/mol. The van der Waals surface area contributed by atoms with Gasteiger partial charge in [-0.15, -0.1) is 11.3 Å². The van der Waals surface area contributed by atoms with E-state index in [0.29, 0.717) is 26.2 Å². The number of hydrogen-bond acceptors (Lipinski definition) is 5. The van der Waals surface area contributed by atoms with E-state index in [0.717, 1.165) is 36.3 Å². The summed E-state index contributed by atoms with van der Waals surface area (Å²) in [5, 5.41) is 4.38. The summed E-state index contributed by atoms with van der Waals surface area (Å²) >= 11 is 1.14. The van der Waals surface area contributed by atoms with E-state index in [9.17, 15) is 13.2 Å². The summed E-state index contributed by atoms with van der Waals surface area (Å²) in [4.78, 5) is 12.8. The van der Waals surface area contributed by atoms with E-state index >= 15 is 0 Å². The summed E-state index contributed by atoms with van der Waals surface area (Å²) in [6.45, 7) is 1.65. The normalized spacial score (nSPS) is 15.5. The Morgan fingerprint density at radius 1 is 1.12 bits per heavy atom. The minimum Gasteiger partial charge on any atom is -0.492 e. The SMILES string of the molecule is O=C(NCCOc1ccccc1)c1sccc1S(=O)(=O)N1CCCCC1. The second-order valence-electron chi connectivity index (χ2n) is 6.00. The van der Waals surface area contributed by atoms with Crippen molar-refractivity contribution in [1.82, 2.24) is 9.62 Å². The zero-order valence-corrected chi connectivity index (χ0v) is 16.0. The lowest BCUT2D eigenvalue weighted by Gasteiger charge is -2.25. The molecular formula is C18H22N2O4S2. The average molecular weight is 395 g/mol. The maximum absolute atomic E-state index is 12.8. The fraction of sp³-hybridized carbons (Fsp3) is 0.389. The largest absolute Gasteiger partial charge is 0.492 e. The molecule has 0 bridgehead atoms. The molecular weight excluding hydrogens is 372 g/mol. The predicted octanol–water partition coefficient (Wildman–Crippen LogP) is 2.73. The Kier molecular flexibility index (Phi) is 6.29. The Labute approximate surface area is 157 Å². The molecule has 1 N–H and O–H groups in total. The Balaban J connectivity index is 1.59. The first kappa shape index (κ1) is 18.9. The number of rotatable bonds is 7. The van der Waals surface area contributed by atoms with Gasteiger partial charge in [-0.1, -0.05) is 24.6 Å². The van der Waals surface area contributed by atoms with Crippen molar-refractivity contribution in [2.24, 2.45) is 0 Å². The van der Waals surface area contributed by atoms with E-state index in [-0.39, 0.29) is 15.7 Å². The number of carbonyl (C=O) groups excluding carboxylic acids is 1. The molecule has 1 fully saturated rings. The van der Waals surface area contributed by atoms with Crippen molar-refractivity contribution in [3.63, 3.8) is 0 Å². The highest BCUT2D eigenvalue weighted by molar-refractivity contribution is 7.89. The highest BCUT2D eigenvalue weighted by Crippen LogP contribution is 2.27. The molecule has 8 heteroatoms.